The third-order valence-electron chi connectivity index (χ3n) is 4.22. The van der Waals surface area contributed by atoms with Gasteiger partial charge in [0.15, 0.2) is 13.1 Å². The van der Waals surface area contributed by atoms with Gasteiger partial charge in [-0.3, -0.25) is 9.59 Å². The van der Waals surface area contributed by atoms with Crippen molar-refractivity contribution >= 4 is 23.2 Å². The van der Waals surface area contributed by atoms with Gasteiger partial charge in [0.25, 0.3) is 11.8 Å². The number of quaternary nitrogens is 1. The number of methoxy groups -OCH3 is 1. The molecule has 0 saturated carbocycles. The largest absolute Gasteiger partial charge is 0.495 e. The zero-order chi connectivity index (χ0) is 19.6. The second-order valence-corrected chi connectivity index (χ2v) is 6.47. The van der Waals surface area contributed by atoms with Gasteiger partial charge < -0.3 is 20.3 Å². The third-order valence-corrected chi connectivity index (χ3v) is 4.22. The summed E-state index contributed by atoms with van der Waals surface area (Å²) in [5.41, 5.74) is 2.44. The zero-order valence-corrected chi connectivity index (χ0v) is 16.2. The van der Waals surface area contributed by atoms with Crippen molar-refractivity contribution in [1.29, 1.82) is 0 Å². The Morgan fingerprint density at radius 3 is 2.07 bits per heavy atom. The van der Waals surface area contributed by atoms with E-state index in [0.29, 0.717) is 11.4 Å². The standard InChI is InChI=1S/C21H27N3O3/c1-4-13-24(14-20(25)22-17-10-6-5-9-16(17)2)15-21(26)23-18-11-7-8-12-19(18)27-3/h5-12H,4,13-15H2,1-3H3,(H,22,25)(H,23,26)/p+1. The average Bonchev–Trinajstić information content (AvgIpc) is 2.64. The summed E-state index contributed by atoms with van der Waals surface area (Å²) < 4.78 is 5.26. The summed E-state index contributed by atoms with van der Waals surface area (Å²) in [6.45, 7) is 5.18. The number of aryl methyl sites for hydroxylation is 1. The van der Waals surface area contributed by atoms with E-state index in [0.717, 1.165) is 29.1 Å². The fourth-order valence-corrected chi connectivity index (χ4v) is 2.90. The predicted octanol–water partition coefficient (Wildman–Crippen LogP) is 1.88. The summed E-state index contributed by atoms with van der Waals surface area (Å²) in [5, 5.41) is 5.79. The number of para-hydroxylation sites is 3. The Balaban J connectivity index is 1.95. The fraction of sp³-hybridized carbons (Fsp3) is 0.333. The van der Waals surface area contributed by atoms with Crippen LogP contribution in [0.15, 0.2) is 48.5 Å². The highest BCUT2D eigenvalue weighted by Gasteiger charge is 2.19. The minimum absolute atomic E-state index is 0.0992. The Hall–Kier alpha value is -2.86. The number of carbonyl (C=O) groups excluding carboxylic acids is 2. The van der Waals surface area contributed by atoms with Crippen LogP contribution in [0.2, 0.25) is 0 Å². The number of rotatable bonds is 9. The normalized spacial score (nSPS) is 11.5. The molecule has 6 nitrogen and oxygen atoms in total. The first-order chi connectivity index (χ1) is 13.0. The first-order valence-electron chi connectivity index (χ1n) is 9.15. The maximum atomic E-state index is 12.4. The van der Waals surface area contributed by atoms with E-state index in [1.54, 1.807) is 19.2 Å². The molecule has 144 valence electrons. The lowest BCUT2D eigenvalue weighted by molar-refractivity contribution is -0.883. The molecule has 3 N–H and O–H groups in total. The monoisotopic (exact) mass is 370 g/mol. The van der Waals surface area contributed by atoms with Crippen LogP contribution < -0.4 is 20.3 Å². The van der Waals surface area contributed by atoms with Gasteiger partial charge in [0.1, 0.15) is 5.75 Å². The van der Waals surface area contributed by atoms with Crippen LogP contribution in [0.5, 0.6) is 5.75 Å². The number of ether oxygens (including phenoxy) is 1. The van der Waals surface area contributed by atoms with Crippen LogP contribution in [-0.2, 0) is 9.59 Å². The molecule has 0 aliphatic carbocycles. The van der Waals surface area contributed by atoms with Crippen molar-refractivity contribution in [3.63, 3.8) is 0 Å². The SMILES string of the molecule is CCC[NH+](CC(=O)Nc1ccccc1C)CC(=O)Nc1ccccc1OC. The van der Waals surface area contributed by atoms with Gasteiger partial charge in [0.05, 0.1) is 19.3 Å². The molecule has 2 amide bonds. The molecule has 0 radical (unpaired) electrons. The van der Waals surface area contributed by atoms with Gasteiger partial charge in [-0.05, 0) is 37.1 Å². The molecule has 0 spiro atoms. The second kappa shape index (κ2) is 10.3. The summed E-state index contributed by atoms with van der Waals surface area (Å²) >= 11 is 0. The van der Waals surface area contributed by atoms with E-state index in [4.69, 9.17) is 4.74 Å². The first kappa shape index (κ1) is 20.5. The molecule has 27 heavy (non-hydrogen) atoms. The molecule has 0 aromatic heterocycles. The van der Waals surface area contributed by atoms with Gasteiger partial charge in [-0.25, -0.2) is 0 Å². The summed E-state index contributed by atoms with van der Waals surface area (Å²) in [7, 11) is 1.57. The van der Waals surface area contributed by atoms with Gasteiger partial charge in [-0.15, -0.1) is 0 Å². The minimum atomic E-state index is -0.147. The van der Waals surface area contributed by atoms with Crippen LogP contribution in [0.25, 0.3) is 0 Å². The number of nitrogens with one attached hydrogen (secondary N) is 3. The van der Waals surface area contributed by atoms with Gasteiger partial charge >= 0.3 is 0 Å². The van der Waals surface area contributed by atoms with Gasteiger partial charge in [-0.2, -0.15) is 0 Å². The topological polar surface area (TPSA) is 71.9 Å². The highest BCUT2D eigenvalue weighted by Crippen LogP contribution is 2.22. The Labute approximate surface area is 160 Å². The number of benzene rings is 2. The molecule has 1 unspecified atom stereocenters. The van der Waals surface area contributed by atoms with E-state index in [1.807, 2.05) is 50.2 Å². The van der Waals surface area contributed by atoms with Crippen LogP contribution in [0.4, 0.5) is 11.4 Å². The number of carbonyl (C=O) groups is 2. The van der Waals surface area contributed by atoms with Crippen molar-refractivity contribution in [3.05, 3.63) is 54.1 Å². The summed E-state index contributed by atoms with van der Waals surface area (Å²) in [6.07, 6.45) is 0.884. The lowest BCUT2D eigenvalue weighted by atomic mass is 10.2. The van der Waals surface area contributed by atoms with Crippen molar-refractivity contribution in [2.45, 2.75) is 20.3 Å². The molecule has 0 aliphatic heterocycles. The van der Waals surface area contributed by atoms with Crippen molar-refractivity contribution < 1.29 is 19.2 Å². The maximum absolute atomic E-state index is 12.4. The van der Waals surface area contributed by atoms with Crippen molar-refractivity contribution in [3.8, 4) is 5.75 Å². The highest BCUT2D eigenvalue weighted by molar-refractivity contribution is 5.94. The van der Waals surface area contributed by atoms with E-state index in [-0.39, 0.29) is 24.9 Å². The number of hydrogen-bond acceptors (Lipinski definition) is 3. The lowest BCUT2D eigenvalue weighted by Gasteiger charge is -2.19. The maximum Gasteiger partial charge on any atom is 0.279 e. The van der Waals surface area contributed by atoms with Crippen LogP contribution in [0, 0.1) is 6.92 Å². The smallest absolute Gasteiger partial charge is 0.279 e. The van der Waals surface area contributed by atoms with Crippen LogP contribution in [-0.4, -0.2) is 38.6 Å². The number of amides is 2. The van der Waals surface area contributed by atoms with E-state index in [1.165, 1.54) is 0 Å². The Kier molecular flexibility index (Phi) is 7.82. The minimum Gasteiger partial charge on any atom is -0.495 e. The molecule has 6 heteroatoms. The summed E-state index contributed by atoms with van der Waals surface area (Å²) in [5.74, 6) is 0.365. The summed E-state index contributed by atoms with van der Waals surface area (Å²) in [4.78, 5) is 25.8. The number of anilines is 2. The first-order valence-corrected chi connectivity index (χ1v) is 9.15. The van der Waals surface area contributed by atoms with Crippen LogP contribution in [0.1, 0.15) is 18.9 Å². The van der Waals surface area contributed by atoms with E-state index in [2.05, 4.69) is 10.6 Å². The van der Waals surface area contributed by atoms with Crippen LogP contribution >= 0.6 is 0 Å². The van der Waals surface area contributed by atoms with Crippen molar-refractivity contribution in [1.82, 2.24) is 0 Å². The van der Waals surface area contributed by atoms with Gasteiger partial charge in [0.2, 0.25) is 0 Å². The fourth-order valence-electron chi connectivity index (χ4n) is 2.90. The molecule has 1 atom stereocenters. The average molecular weight is 370 g/mol. The molecule has 0 fully saturated rings. The molecular formula is C21H28N3O3+. The molecule has 0 aliphatic rings. The van der Waals surface area contributed by atoms with Gasteiger partial charge in [-0.1, -0.05) is 37.3 Å². The Bertz CT molecular complexity index is 777. The molecule has 0 heterocycles. The third kappa shape index (κ3) is 6.42. The summed E-state index contributed by atoms with van der Waals surface area (Å²) in [6, 6.07) is 14.9. The number of hydrogen-bond donors (Lipinski definition) is 3. The predicted molar refractivity (Wildman–Crippen MR) is 107 cm³/mol. The molecule has 2 aromatic carbocycles. The molecular weight excluding hydrogens is 342 g/mol. The Morgan fingerprint density at radius 1 is 0.926 bits per heavy atom. The van der Waals surface area contributed by atoms with E-state index >= 15 is 0 Å². The van der Waals surface area contributed by atoms with Crippen LogP contribution in [0.3, 0.4) is 0 Å². The second-order valence-electron chi connectivity index (χ2n) is 6.47. The highest BCUT2D eigenvalue weighted by atomic mass is 16.5. The van der Waals surface area contributed by atoms with Gasteiger partial charge in [0, 0.05) is 5.69 Å². The molecule has 0 bridgehead atoms. The molecule has 2 aromatic rings. The molecule has 0 saturated heterocycles. The van der Waals surface area contributed by atoms with E-state index < -0.39 is 0 Å². The quantitative estimate of drug-likeness (QED) is 0.631. The van der Waals surface area contributed by atoms with E-state index in [9.17, 15) is 9.59 Å². The van der Waals surface area contributed by atoms with Crippen molar-refractivity contribution in [2.24, 2.45) is 0 Å². The molecule has 2 rings (SSSR count). The Morgan fingerprint density at radius 2 is 1.48 bits per heavy atom. The zero-order valence-electron chi connectivity index (χ0n) is 16.2. The lowest BCUT2D eigenvalue weighted by Crippen LogP contribution is -3.14. The van der Waals surface area contributed by atoms with Crippen molar-refractivity contribution in [2.75, 3.05) is 37.4 Å².